The molecule has 1 aromatic rings. The van der Waals surface area contributed by atoms with Gasteiger partial charge in [0.2, 0.25) is 10.0 Å². The normalized spacial score (nSPS) is 18.9. The quantitative estimate of drug-likeness (QED) is 0.527. The number of rotatable bonds is 6. The van der Waals surface area contributed by atoms with Crippen molar-refractivity contribution in [1.29, 1.82) is 0 Å². The third kappa shape index (κ3) is 6.04. The molecule has 1 heterocycles. The molecule has 1 fully saturated rings. The summed E-state index contributed by atoms with van der Waals surface area (Å²) in [5, 5.41) is 12.3. The Balaban J connectivity index is 1.93. The molecule has 0 amide bonds. The van der Waals surface area contributed by atoms with E-state index in [1.807, 2.05) is 18.7 Å². The summed E-state index contributed by atoms with van der Waals surface area (Å²) in [5.74, 6) is 2.03. The van der Waals surface area contributed by atoms with Crippen LogP contribution in [0.2, 0.25) is 0 Å². The number of hydrogen-bond donors (Lipinski definition) is 3. The lowest BCUT2D eigenvalue weighted by Gasteiger charge is -2.14. The van der Waals surface area contributed by atoms with Crippen LogP contribution in [0.15, 0.2) is 34.2 Å². The van der Waals surface area contributed by atoms with E-state index in [1.165, 1.54) is 30.7 Å². The molecule has 8 heteroatoms. The molecule has 1 unspecified atom stereocenters. The number of hydrogen-bond acceptors (Lipinski definition) is 4. The number of primary sulfonamides is 1. The van der Waals surface area contributed by atoms with E-state index in [-0.39, 0.29) is 4.90 Å². The monoisotopic (exact) mass is 356 g/mol. The van der Waals surface area contributed by atoms with E-state index >= 15 is 0 Å². The van der Waals surface area contributed by atoms with E-state index in [1.54, 1.807) is 12.1 Å². The number of sulfonamides is 1. The molecule has 1 atom stereocenters. The predicted molar refractivity (Wildman–Crippen MR) is 96.1 cm³/mol. The lowest BCUT2D eigenvalue weighted by molar-refractivity contribution is 0.598. The maximum absolute atomic E-state index is 11.2. The van der Waals surface area contributed by atoms with Gasteiger partial charge in [0.15, 0.2) is 5.96 Å². The van der Waals surface area contributed by atoms with Crippen LogP contribution in [0.3, 0.4) is 0 Å². The van der Waals surface area contributed by atoms with Crippen LogP contribution in [0.25, 0.3) is 0 Å². The van der Waals surface area contributed by atoms with E-state index in [0.717, 1.165) is 24.6 Å². The van der Waals surface area contributed by atoms with Crippen LogP contribution >= 0.6 is 11.8 Å². The lowest BCUT2D eigenvalue weighted by Crippen LogP contribution is -2.40. The number of thioether (sulfide) groups is 1. The van der Waals surface area contributed by atoms with E-state index in [4.69, 9.17) is 5.14 Å². The summed E-state index contributed by atoms with van der Waals surface area (Å²) in [5.41, 5.74) is 0.935. The molecule has 1 aliphatic rings. The van der Waals surface area contributed by atoms with E-state index in [2.05, 4.69) is 15.6 Å². The second kappa shape index (κ2) is 8.56. The minimum absolute atomic E-state index is 0.119. The first-order valence-electron chi connectivity index (χ1n) is 7.74. The number of nitrogens with one attached hydrogen (secondary N) is 2. The molecule has 0 aliphatic carbocycles. The third-order valence-electron chi connectivity index (χ3n) is 3.54. The smallest absolute Gasteiger partial charge is 0.238 e. The van der Waals surface area contributed by atoms with Crippen molar-refractivity contribution in [3.05, 3.63) is 29.8 Å². The third-order valence-corrected chi connectivity index (χ3v) is 5.86. The molecular weight excluding hydrogens is 332 g/mol. The Morgan fingerprint density at radius 3 is 2.65 bits per heavy atom. The summed E-state index contributed by atoms with van der Waals surface area (Å²) in [6.07, 6.45) is 2.55. The zero-order chi connectivity index (χ0) is 16.7. The molecule has 1 aromatic carbocycles. The van der Waals surface area contributed by atoms with Crippen LogP contribution in [-0.2, 0) is 16.6 Å². The van der Waals surface area contributed by atoms with Gasteiger partial charge in [-0.15, -0.1) is 0 Å². The SMILES string of the molecule is CCNC(=NCc1ccc(S(N)(=O)=O)cc1)NCC1CCCS1. The first-order chi connectivity index (χ1) is 11.0. The molecule has 0 radical (unpaired) electrons. The average Bonchev–Trinajstić information content (AvgIpc) is 3.03. The van der Waals surface area contributed by atoms with Crippen molar-refractivity contribution < 1.29 is 8.42 Å². The molecule has 1 aliphatic heterocycles. The highest BCUT2D eigenvalue weighted by Gasteiger charge is 2.15. The van der Waals surface area contributed by atoms with Crippen LogP contribution in [0.4, 0.5) is 0 Å². The van der Waals surface area contributed by atoms with Gasteiger partial charge in [-0.05, 0) is 43.2 Å². The fourth-order valence-electron chi connectivity index (χ4n) is 2.31. The minimum Gasteiger partial charge on any atom is -0.357 e. The van der Waals surface area contributed by atoms with Crippen molar-refractivity contribution in [2.75, 3.05) is 18.8 Å². The number of nitrogens with zero attached hydrogens (tertiary/aromatic N) is 1. The summed E-state index contributed by atoms with van der Waals surface area (Å²) in [7, 11) is -3.64. The molecule has 0 spiro atoms. The number of nitrogens with two attached hydrogens (primary N) is 1. The van der Waals surface area contributed by atoms with Gasteiger partial charge >= 0.3 is 0 Å². The van der Waals surface area contributed by atoms with Crippen molar-refractivity contribution in [2.24, 2.45) is 10.1 Å². The lowest BCUT2D eigenvalue weighted by atomic mass is 10.2. The molecule has 128 valence electrons. The molecule has 0 aromatic heterocycles. The largest absolute Gasteiger partial charge is 0.357 e. The molecule has 6 nitrogen and oxygen atoms in total. The maximum Gasteiger partial charge on any atom is 0.238 e. The second-order valence-corrected chi connectivity index (χ2v) is 8.37. The maximum atomic E-state index is 11.2. The molecule has 4 N–H and O–H groups in total. The van der Waals surface area contributed by atoms with Crippen LogP contribution in [0, 0.1) is 0 Å². The minimum atomic E-state index is -3.64. The van der Waals surface area contributed by atoms with Gasteiger partial charge in [0.05, 0.1) is 11.4 Å². The van der Waals surface area contributed by atoms with Crippen molar-refractivity contribution in [2.45, 2.75) is 36.5 Å². The Kier molecular flexibility index (Phi) is 6.73. The van der Waals surface area contributed by atoms with E-state index in [0.29, 0.717) is 11.8 Å². The van der Waals surface area contributed by atoms with Crippen LogP contribution in [0.5, 0.6) is 0 Å². The van der Waals surface area contributed by atoms with Gasteiger partial charge in [-0.2, -0.15) is 11.8 Å². The van der Waals surface area contributed by atoms with E-state index in [9.17, 15) is 8.42 Å². The zero-order valence-corrected chi connectivity index (χ0v) is 14.9. The predicted octanol–water partition coefficient (Wildman–Crippen LogP) is 1.28. The Hall–Kier alpha value is -1.25. The summed E-state index contributed by atoms with van der Waals surface area (Å²) < 4.78 is 22.5. The highest BCUT2D eigenvalue weighted by atomic mass is 32.2. The Labute approximate surface area is 142 Å². The summed E-state index contributed by atoms with van der Waals surface area (Å²) in [6.45, 7) is 4.23. The van der Waals surface area contributed by atoms with Gasteiger partial charge in [0, 0.05) is 18.3 Å². The molecule has 0 bridgehead atoms. The molecule has 2 rings (SSSR count). The summed E-state index contributed by atoms with van der Waals surface area (Å²) in [6, 6.07) is 6.49. The molecular formula is C15H24N4O2S2. The Morgan fingerprint density at radius 1 is 1.35 bits per heavy atom. The van der Waals surface area contributed by atoms with Gasteiger partial charge in [0.1, 0.15) is 0 Å². The van der Waals surface area contributed by atoms with Gasteiger partial charge in [-0.3, -0.25) is 0 Å². The highest BCUT2D eigenvalue weighted by Crippen LogP contribution is 2.25. The Morgan fingerprint density at radius 2 is 2.09 bits per heavy atom. The average molecular weight is 357 g/mol. The Bertz CT molecular complexity index is 623. The fraction of sp³-hybridized carbons (Fsp3) is 0.533. The molecule has 23 heavy (non-hydrogen) atoms. The first-order valence-corrected chi connectivity index (χ1v) is 10.3. The van der Waals surface area contributed by atoms with Crippen molar-refractivity contribution in [3.63, 3.8) is 0 Å². The number of aliphatic imine (C=N–C) groups is 1. The van der Waals surface area contributed by atoms with Gasteiger partial charge < -0.3 is 10.6 Å². The topological polar surface area (TPSA) is 96.6 Å². The van der Waals surface area contributed by atoms with Gasteiger partial charge in [-0.1, -0.05) is 12.1 Å². The van der Waals surface area contributed by atoms with Gasteiger partial charge in [0.25, 0.3) is 0 Å². The van der Waals surface area contributed by atoms with Crippen LogP contribution in [0.1, 0.15) is 25.3 Å². The van der Waals surface area contributed by atoms with Crippen molar-refractivity contribution in [3.8, 4) is 0 Å². The summed E-state index contributed by atoms with van der Waals surface area (Å²) in [4.78, 5) is 4.66. The van der Waals surface area contributed by atoms with E-state index < -0.39 is 10.0 Å². The first kappa shape index (κ1) is 18.1. The summed E-state index contributed by atoms with van der Waals surface area (Å²) >= 11 is 2.01. The van der Waals surface area contributed by atoms with Gasteiger partial charge in [-0.25, -0.2) is 18.5 Å². The highest BCUT2D eigenvalue weighted by molar-refractivity contribution is 8.00. The fourth-order valence-corrected chi connectivity index (χ4v) is 4.03. The second-order valence-electron chi connectivity index (χ2n) is 5.40. The van der Waals surface area contributed by atoms with Crippen LogP contribution < -0.4 is 15.8 Å². The number of benzene rings is 1. The number of guanidine groups is 1. The van der Waals surface area contributed by atoms with Crippen LogP contribution in [-0.4, -0.2) is 38.5 Å². The van der Waals surface area contributed by atoms with Crippen molar-refractivity contribution in [1.82, 2.24) is 10.6 Å². The van der Waals surface area contributed by atoms with Crippen molar-refractivity contribution >= 4 is 27.7 Å². The molecule has 1 saturated heterocycles. The molecule has 0 saturated carbocycles. The standard InChI is InChI=1S/C15H24N4O2S2/c1-2-17-15(19-11-13-4-3-9-22-13)18-10-12-5-7-14(8-6-12)23(16,20)21/h5-8,13H,2-4,9-11H2,1H3,(H2,16,20,21)(H2,17,18,19). The zero-order valence-electron chi connectivity index (χ0n) is 13.3.